The fourth-order valence-corrected chi connectivity index (χ4v) is 3.37. The summed E-state index contributed by atoms with van der Waals surface area (Å²) < 4.78 is 22.9. The molecule has 0 spiro atoms. The zero-order chi connectivity index (χ0) is 18.1. The highest BCUT2D eigenvalue weighted by molar-refractivity contribution is 7.81. The zero-order valence-electron chi connectivity index (χ0n) is 13.2. The predicted molar refractivity (Wildman–Crippen MR) is 96.7 cm³/mol. The van der Waals surface area contributed by atoms with Crippen molar-refractivity contribution in [3.8, 4) is 5.75 Å². The number of aromatic hydroxyl groups is 1. The molecule has 3 aromatic rings. The molecule has 6 nitrogen and oxygen atoms in total. The molecule has 3 aromatic carbocycles. The summed E-state index contributed by atoms with van der Waals surface area (Å²) in [6, 6.07) is 14.8. The molecule has 1 unspecified atom stereocenters. The lowest BCUT2D eigenvalue weighted by Crippen LogP contribution is -2.19. The lowest BCUT2D eigenvalue weighted by Gasteiger charge is -2.22. The number of carboxylic acids is 1. The maximum atomic E-state index is 12.0. The molecule has 1 atom stereocenters. The summed E-state index contributed by atoms with van der Waals surface area (Å²) in [5, 5.41) is 20.6. The van der Waals surface area contributed by atoms with E-state index >= 15 is 0 Å². The van der Waals surface area contributed by atoms with Crippen molar-refractivity contribution in [2.24, 2.45) is 0 Å². The molecule has 0 radical (unpaired) electrons. The number of carboxylic acid groups (broad SMARTS) is 1. The largest absolute Gasteiger partial charge is 0.507 e. The molecule has 0 aromatic heterocycles. The first-order valence-corrected chi connectivity index (χ1v) is 8.42. The Kier molecular flexibility index (Phi) is 4.43. The average Bonchev–Trinajstić information content (AvgIpc) is 2.57. The highest BCUT2D eigenvalue weighted by Gasteiger charge is 2.20. The van der Waals surface area contributed by atoms with Gasteiger partial charge in [-0.1, -0.05) is 30.3 Å². The number of rotatable bonds is 4. The van der Waals surface area contributed by atoms with Crippen molar-refractivity contribution in [1.29, 1.82) is 0 Å². The minimum absolute atomic E-state index is 0.206. The van der Waals surface area contributed by atoms with Gasteiger partial charge >= 0.3 is 5.97 Å². The first-order chi connectivity index (χ1) is 11.9. The maximum absolute atomic E-state index is 12.0. The molecule has 0 aliphatic rings. The van der Waals surface area contributed by atoms with E-state index in [4.69, 9.17) is 5.11 Å². The van der Waals surface area contributed by atoms with Crippen molar-refractivity contribution in [2.45, 2.75) is 6.92 Å². The first kappa shape index (κ1) is 16.9. The molecule has 0 aliphatic heterocycles. The monoisotopic (exact) mass is 357 g/mol. The summed E-state index contributed by atoms with van der Waals surface area (Å²) in [6.07, 6.45) is 0. The van der Waals surface area contributed by atoms with Crippen LogP contribution in [0.1, 0.15) is 15.9 Å². The molecule has 0 aliphatic carbocycles. The number of phenols is 1. The van der Waals surface area contributed by atoms with E-state index < -0.39 is 23.0 Å². The van der Waals surface area contributed by atoms with E-state index in [-0.39, 0.29) is 11.3 Å². The van der Waals surface area contributed by atoms with Crippen LogP contribution in [0.4, 0.5) is 11.4 Å². The third-order valence-electron chi connectivity index (χ3n) is 3.94. The molecule has 3 rings (SSSR count). The van der Waals surface area contributed by atoms with Gasteiger partial charge in [-0.25, -0.2) is 13.3 Å². The summed E-state index contributed by atoms with van der Waals surface area (Å²) >= 11 is -2.42. The van der Waals surface area contributed by atoms with Crippen LogP contribution in [-0.4, -0.2) is 24.9 Å². The Morgan fingerprint density at radius 3 is 2.32 bits per heavy atom. The van der Waals surface area contributed by atoms with Crippen LogP contribution in [-0.2, 0) is 11.3 Å². The van der Waals surface area contributed by atoms with E-state index in [1.165, 1.54) is 12.1 Å². The number of fused-ring (bicyclic) bond motifs is 1. The fraction of sp³-hybridized carbons (Fsp3) is 0.0556. The summed E-state index contributed by atoms with van der Waals surface area (Å²) in [4.78, 5) is 11.0. The smallest absolute Gasteiger partial charge is 0.339 e. The predicted octanol–water partition coefficient (Wildman–Crippen LogP) is 3.83. The number of nitrogens with zero attached hydrogens (tertiary/aromatic N) is 1. The van der Waals surface area contributed by atoms with Gasteiger partial charge in [-0.3, -0.25) is 4.55 Å². The van der Waals surface area contributed by atoms with Crippen molar-refractivity contribution in [2.75, 3.05) is 4.31 Å². The van der Waals surface area contributed by atoms with Crippen LogP contribution >= 0.6 is 0 Å². The van der Waals surface area contributed by atoms with Crippen LogP contribution in [0.2, 0.25) is 0 Å². The minimum Gasteiger partial charge on any atom is -0.507 e. The molecule has 0 saturated heterocycles. The van der Waals surface area contributed by atoms with Gasteiger partial charge in [0.1, 0.15) is 11.3 Å². The highest BCUT2D eigenvalue weighted by Crippen LogP contribution is 2.36. The van der Waals surface area contributed by atoms with E-state index in [9.17, 15) is 18.7 Å². The third-order valence-corrected chi connectivity index (χ3v) is 4.66. The van der Waals surface area contributed by atoms with Gasteiger partial charge in [-0.2, -0.15) is 0 Å². The van der Waals surface area contributed by atoms with Gasteiger partial charge in [0, 0.05) is 11.5 Å². The van der Waals surface area contributed by atoms with E-state index in [1.54, 1.807) is 6.07 Å². The first-order valence-electron chi connectivity index (χ1n) is 7.36. The molecule has 25 heavy (non-hydrogen) atoms. The topological polar surface area (TPSA) is 98.1 Å². The summed E-state index contributed by atoms with van der Waals surface area (Å²) in [7, 11) is 0. The molecule has 0 heterocycles. The van der Waals surface area contributed by atoms with E-state index in [0.717, 1.165) is 26.7 Å². The second kappa shape index (κ2) is 6.54. The zero-order valence-corrected chi connectivity index (χ0v) is 14.0. The number of anilines is 2. The van der Waals surface area contributed by atoms with E-state index in [2.05, 4.69) is 0 Å². The van der Waals surface area contributed by atoms with Gasteiger partial charge in [-0.05, 0) is 36.1 Å². The highest BCUT2D eigenvalue weighted by atomic mass is 32.2. The maximum Gasteiger partial charge on any atom is 0.339 e. The number of hydrogen-bond acceptors (Lipinski definition) is 3. The lowest BCUT2D eigenvalue weighted by atomic mass is 10.0. The van der Waals surface area contributed by atoms with Crippen LogP contribution in [0, 0.1) is 6.92 Å². The Bertz CT molecular complexity index is 1000. The SMILES string of the molecule is Cc1ccc(N(c2ccc(C(=O)O)c(O)c2)S(=O)O)c2ccccc12. The molecular weight excluding hydrogens is 342 g/mol. The number of aromatic carboxylic acids is 1. The quantitative estimate of drug-likeness (QED) is 0.617. The van der Waals surface area contributed by atoms with Crippen LogP contribution in [0.3, 0.4) is 0 Å². The Hall–Kier alpha value is -2.90. The Morgan fingerprint density at radius 2 is 1.72 bits per heavy atom. The summed E-state index contributed by atoms with van der Waals surface area (Å²) in [6.45, 7) is 1.94. The fourth-order valence-electron chi connectivity index (χ4n) is 2.75. The van der Waals surface area contributed by atoms with Gasteiger partial charge in [-0.15, -0.1) is 0 Å². The molecule has 0 fully saturated rings. The second-order valence-electron chi connectivity index (χ2n) is 5.48. The number of carbonyl (C=O) groups is 1. The molecular formula is C18H15NO5S. The normalized spacial score (nSPS) is 12.1. The van der Waals surface area contributed by atoms with Crippen molar-refractivity contribution in [1.82, 2.24) is 0 Å². The standard InChI is InChI=1S/C18H15NO5S/c1-11-6-9-16(14-5-3-2-4-13(11)14)19(25(23)24)12-7-8-15(18(21)22)17(20)10-12/h2-10,20H,1H3,(H,21,22)(H,23,24). The van der Waals surface area contributed by atoms with Crippen LogP contribution < -0.4 is 4.31 Å². The molecule has 128 valence electrons. The van der Waals surface area contributed by atoms with Gasteiger partial charge in [0.25, 0.3) is 11.3 Å². The minimum atomic E-state index is -2.42. The lowest BCUT2D eigenvalue weighted by molar-refractivity contribution is 0.0694. The molecule has 7 heteroatoms. The van der Waals surface area contributed by atoms with Gasteiger partial charge in [0.05, 0.1) is 11.4 Å². The van der Waals surface area contributed by atoms with Crippen molar-refractivity contribution >= 4 is 39.4 Å². The molecule has 0 saturated carbocycles. The van der Waals surface area contributed by atoms with Gasteiger partial charge < -0.3 is 10.2 Å². The molecule has 0 amide bonds. The van der Waals surface area contributed by atoms with E-state index in [0.29, 0.717) is 5.69 Å². The van der Waals surface area contributed by atoms with Crippen LogP contribution in [0.5, 0.6) is 5.75 Å². The third kappa shape index (κ3) is 3.07. The van der Waals surface area contributed by atoms with Crippen LogP contribution in [0.15, 0.2) is 54.6 Å². The second-order valence-corrected chi connectivity index (χ2v) is 6.31. The number of hydrogen-bond donors (Lipinski definition) is 3. The Balaban J connectivity index is 2.22. The van der Waals surface area contributed by atoms with Crippen molar-refractivity contribution < 1.29 is 23.8 Å². The van der Waals surface area contributed by atoms with Gasteiger partial charge in [0.15, 0.2) is 0 Å². The Labute approximate surface area is 146 Å². The van der Waals surface area contributed by atoms with Gasteiger partial charge in [0.2, 0.25) is 0 Å². The van der Waals surface area contributed by atoms with E-state index in [1.807, 2.05) is 37.3 Å². The summed E-state index contributed by atoms with van der Waals surface area (Å²) in [5.74, 6) is -1.75. The summed E-state index contributed by atoms with van der Waals surface area (Å²) in [5.41, 5.74) is 1.43. The Morgan fingerprint density at radius 1 is 1.04 bits per heavy atom. The molecule has 3 N–H and O–H groups in total. The van der Waals surface area contributed by atoms with Crippen LogP contribution in [0.25, 0.3) is 10.8 Å². The van der Waals surface area contributed by atoms with Crippen molar-refractivity contribution in [3.05, 3.63) is 65.7 Å². The number of aryl methyl sites for hydroxylation is 1. The van der Waals surface area contributed by atoms with Crippen molar-refractivity contribution in [3.63, 3.8) is 0 Å². The molecule has 0 bridgehead atoms. The average molecular weight is 357 g/mol. The number of benzene rings is 3.